The first kappa shape index (κ1) is 18.5. The second kappa shape index (κ2) is 10.8. The van der Waals surface area contributed by atoms with E-state index in [1.165, 1.54) is 56.9 Å². The van der Waals surface area contributed by atoms with E-state index in [1.807, 2.05) is 0 Å². The molecule has 2 heteroatoms. The Bertz CT molecular complexity index is 394. The van der Waals surface area contributed by atoms with Gasteiger partial charge >= 0.3 is 0 Å². The zero-order valence-corrected chi connectivity index (χ0v) is 14.9. The minimum Gasteiger partial charge on any atom is -0.346 e. The topological polar surface area (TPSA) is 18.5 Å². The number of hydrogen-bond donors (Lipinski definition) is 0. The standard InChI is InChI=1S/C21H34O2/c1-2-3-4-5-6-7-8-12-17-21(20-15-10-9-11-16-20)22-18-13-14-19-23-21/h9-11,15-16H,2-8,12-14,17-19H2,1H3. The predicted octanol–water partition coefficient (Wildman–Crippen LogP) is 6.20. The van der Waals surface area contributed by atoms with Gasteiger partial charge in [0.05, 0.1) is 13.2 Å². The lowest BCUT2D eigenvalue weighted by Gasteiger charge is -2.33. The molecule has 0 aromatic heterocycles. The number of unbranched alkanes of at least 4 members (excludes halogenated alkanes) is 7. The quantitative estimate of drug-likeness (QED) is 0.478. The van der Waals surface area contributed by atoms with Crippen LogP contribution in [0.1, 0.15) is 83.1 Å². The van der Waals surface area contributed by atoms with Crippen molar-refractivity contribution in [3.05, 3.63) is 35.9 Å². The molecule has 0 N–H and O–H groups in total. The lowest BCUT2D eigenvalue weighted by molar-refractivity contribution is -0.239. The Hall–Kier alpha value is -0.860. The van der Waals surface area contributed by atoms with Crippen LogP contribution in [0.2, 0.25) is 0 Å². The molecule has 1 aliphatic heterocycles. The molecule has 0 atom stereocenters. The van der Waals surface area contributed by atoms with Crippen molar-refractivity contribution in [3.63, 3.8) is 0 Å². The van der Waals surface area contributed by atoms with Crippen LogP contribution in [0.4, 0.5) is 0 Å². The molecular weight excluding hydrogens is 284 g/mol. The van der Waals surface area contributed by atoms with Crippen LogP contribution < -0.4 is 0 Å². The highest BCUT2D eigenvalue weighted by Crippen LogP contribution is 2.35. The average Bonchev–Trinajstić information content (AvgIpc) is 2.85. The van der Waals surface area contributed by atoms with E-state index in [-0.39, 0.29) is 0 Å². The second-order valence-electron chi connectivity index (χ2n) is 6.75. The summed E-state index contributed by atoms with van der Waals surface area (Å²) in [6, 6.07) is 10.5. The number of ether oxygens (including phenoxy) is 2. The van der Waals surface area contributed by atoms with E-state index in [4.69, 9.17) is 9.47 Å². The van der Waals surface area contributed by atoms with Crippen LogP contribution in [-0.2, 0) is 15.3 Å². The molecule has 0 aliphatic carbocycles. The van der Waals surface area contributed by atoms with Crippen LogP contribution >= 0.6 is 0 Å². The van der Waals surface area contributed by atoms with Crippen molar-refractivity contribution in [2.45, 2.75) is 83.3 Å². The molecule has 0 bridgehead atoms. The van der Waals surface area contributed by atoms with Gasteiger partial charge in [0.15, 0.2) is 5.79 Å². The Labute approximate surface area is 142 Å². The summed E-state index contributed by atoms with van der Waals surface area (Å²) in [5, 5.41) is 0. The van der Waals surface area contributed by atoms with Gasteiger partial charge in [0.1, 0.15) is 0 Å². The van der Waals surface area contributed by atoms with Crippen molar-refractivity contribution in [2.75, 3.05) is 13.2 Å². The van der Waals surface area contributed by atoms with E-state index in [2.05, 4.69) is 37.3 Å². The van der Waals surface area contributed by atoms with Crippen LogP contribution in [0.3, 0.4) is 0 Å². The van der Waals surface area contributed by atoms with Gasteiger partial charge in [-0.1, -0.05) is 82.2 Å². The molecule has 2 nitrogen and oxygen atoms in total. The first-order valence-electron chi connectivity index (χ1n) is 9.71. The minimum absolute atomic E-state index is 0.500. The molecule has 130 valence electrons. The van der Waals surface area contributed by atoms with Crippen molar-refractivity contribution in [1.29, 1.82) is 0 Å². The van der Waals surface area contributed by atoms with Gasteiger partial charge in [-0.3, -0.25) is 0 Å². The number of hydrogen-bond acceptors (Lipinski definition) is 2. The molecule has 0 spiro atoms. The molecule has 1 saturated heterocycles. The smallest absolute Gasteiger partial charge is 0.194 e. The maximum absolute atomic E-state index is 6.21. The summed E-state index contributed by atoms with van der Waals surface area (Å²) in [4.78, 5) is 0. The fraction of sp³-hybridized carbons (Fsp3) is 0.714. The fourth-order valence-corrected chi connectivity index (χ4v) is 3.36. The van der Waals surface area contributed by atoms with Crippen LogP contribution in [0, 0.1) is 0 Å². The van der Waals surface area contributed by atoms with Gasteiger partial charge in [-0.05, 0) is 19.3 Å². The first-order valence-corrected chi connectivity index (χ1v) is 9.71. The molecule has 1 aromatic rings. The van der Waals surface area contributed by atoms with Crippen molar-refractivity contribution in [2.24, 2.45) is 0 Å². The number of benzene rings is 1. The summed E-state index contributed by atoms with van der Waals surface area (Å²) in [5.41, 5.74) is 1.19. The lowest BCUT2D eigenvalue weighted by Crippen LogP contribution is -2.32. The van der Waals surface area contributed by atoms with Crippen LogP contribution in [-0.4, -0.2) is 13.2 Å². The Morgan fingerprint density at radius 1 is 0.783 bits per heavy atom. The molecular formula is C21H34O2. The van der Waals surface area contributed by atoms with Gasteiger partial charge in [0.25, 0.3) is 0 Å². The summed E-state index contributed by atoms with van der Waals surface area (Å²) in [7, 11) is 0. The van der Waals surface area contributed by atoms with E-state index in [0.29, 0.717) is 0 Å². The molecule has 0 amide bonds. The Balaban J connectivity index is 1.79. The van der Waals surface area contributed by atoms with Crippen LogP contribution in [0.15, 0.2) is 30.3 Å². The molecule has 1 heterocycles. The summed E-state index contributed by atoms with van der Waals surface area (Å²) in [6.07, 6.45) is 13.9. The van der Waals surface area contributed by atoms with Crippen molar-refractivity contribution in [1.82, 2.24) is 0 Å². The minimum atomic E-state index is -0.500. The average molecular weight is 319 g/mol. The molecule has 1 aliphatic rings. The molecule has 2 rings (SSSR count). The molecule has 0 unspecified atom stereocenters. The first-order chi connectivity index (χ1) is 11.4. The zero-order chi connectivity index (χ0) is 16.2. The van der Waals surface area contributed by atoms with E-state index in [1.54, 1.807) is 0 Å². The highest BCUT2D eigenvalue weighted by atomic mass is 16.7. The van der Waals surface area contributed by atoms with Gasteiger partial charge in [-0.25, -0.2) is 0 Å². The van der Waals surface area contributed by atoms with E-state index >= 15 is 0 Å². The van der Waals surface area contributed by atoms with E-state index in [0.717, 1.165) is 32.5 Å². The van der Waals surface area contributed by atoms with Crippen LogP contribution in [0.25, 0.3) is 0 Å². The molecule has 0 saturated carbocycles. The summed E-state index contributed by atoms with van der Waals surface area (Å²) >= 11 is 0. The summed E-state index contributed by atoms with van der Waals surface area (Å²) in [6.45, 7) is 3.90. The van der Waals surface area contributed by atoms with Gasteiger partial charge in [-0.15, -0.1) is 0 Å². The maximum Gasteiger partial charge on any atom is 0.194 e. The van der Waals surface area contributed by atoms with Gasteiger partial charge < -0.3 is 9.47 Å². The molecule has 1 fully saturated rings. The van der Waals surface area contributed by atoms with E-state index < -0.39 is 5.79 Å². The van der Waals surface area contributed by atoms with Crippen molar-refractivity contribution < 1.29 is 9.47 Å². The fourth-order valence-electron chi connectivity index (χ4n) is 3.36. The highest BCUT2D eigenvalue weighted by molar-refractivity contribution is 5.20. The third-order valence-electron chi connectivity index (χ3n) is 4.78. The summed E-state index contributed by atoms with van der Waals surface area (Å²) < 4.78 is 12.4. The molecule has 1 aromatic carbocycles. The number of rotatable bonds is 10. The normalized spacial score (nSPS) is 17.8. The lowest BCUT2D eigenvalue weighted by atomic mass is 9.98. The Morgan fingerprint density at radius 3 is 1.96 bits per heavy atom. The van der Waals surface area contributed by atoms with Crippen molar-refractivity contribution >= 4 is 0 Å². The zero-order valence-electron chi connectivity index (χ0n) is 14.9. The van der Waals surface area contributed by atoms with Crippen LogP contribution in [0.5, 0.6) is 0 Å². The van der Waals surface area contributed by atoms with Gasteiger partial charge in [0.2, 0.25) is 0 Å². The largest absolute Gasteiger partial charge is 0.346 e. The van der Waals surface area contributed by atoms with E-state index in [9.17, 15) is 0 Å². The third-order valence-corrected chi connectivity index (χ3v) is 4.78. The molecule has 23 heavy (non-hydrogen) atoms. The SMILES string of the molecule is CCCCCCCCCCC1(c2ccccc2)OCCCCO1. The predicted molar refractivity (Wildman–Crippen MR) is 96.5 cm³/mol. The molecule has 0 radical (unpaired) electrons. The van der Waals surface area contributed by atoms with Gasteiger partial charge in [0, 0.05) is 12.0 Å². The Kier molecular flexibility index (Phi) is 8.70. The van der Waals surface area contributed by atoms with Gasteiger partial charge in [-0.2, -0.15) is 0 Å². The third kappa shape index (κ3) is 6.27. The Morgan fingerprint density at radius 2 is 1.35 bits per heavy atom. The maximum atomic E-state index is 6.21. The highest BCUT2D eigenvalue weighted by Gasteiger charge is 2.34. The monoisotopic (exact) mass is 318 g/mol. The second-order valence-corrected chi connectivity index (χ2v) is 6.75. The van der Waals surface area contributed by atoms with Crippen molar-refractivity contribution in [3.8, 4) is 0 Å². The summed E-state index contributed by atoms with van der Waals surface area (Å²) in [5.74, 6) is -0.500.